The van der Waals surface area contributed by atoms with Crippen LogP contribution in [0.3, 0.4) is 0 Å². The first kappa shape index (κ1) is 22.0. The smallest absolute Gasteiger partial charge is 0.341 e. The Balaban J connectivity index is 1.71. The monoisotopic (exact) mass is 465 g/mol. The minimum atomic E-state index is -3.30. The van der Waals surface area contributed by atoms with Crippen LogP contribution in [-0.2, 0) is 19.4 Å². The summed E-state index contributed by atoms with van der Waals surface area (Å²) in [7, 11) is -3.30. The topological polar surface area (TPSA) is 98.8 Å². The van der Waals surface area contributed by atoms with E-state index in [0.717, 1.165) is 11.1 Å². The first-order valence-corrected chi connectivity index (χ1v) is 12.5. The van der Waals surface area contributed by atoms with Crippen molar-refractivity contribution in [3.63, 3.8) is 0 Å². The van der Waals surface area contributed by atoms with E-state index in [0.29, 0.717) is 21.9 Å². The molecule has 2 heterocycles. The molecule has 1 aromatic carbocycles. The molecule has 7 nitrogen and oxygen atoms in total. The highest BCUT2D eigenvalue weighted by molar-refractivity contribution is 7.90. The van der Waals surface area contributed by atoms with E-state index >= 15 is 0 Å². The van der Waals surface area contributed by atoms with Gasteiger partial charge in [-0.25, -0.2) is 13.2 Å². The number of nitrogens with one attached hydrogen (secondary N) is 1. The fourth-order valence-corrected chi connectivity index (χ4v) is 4.98. The minimum Gasteiger partial charge on any atom is -0.484 e. The zero-order chi connectivity index (χ0) is 21.7. The summed E-state index contributed by atoms with van der Waals surface area (Å²) in [4.78, 5) is 25.9. The number of amides is 1. The second kappa shape index (κ2) is 9.41. The van der Waals surface area contributed by atoms with Crippen LogP contribution in [0.15, 0.2) is 52.1 Å². The molecule has 0 bridgehead atoms. The van der Waals surface area contributed by atoms with Gasteiger partial charge in [-0.15, -0.1) is 22.7 Å². The van der Waals surface area contributed by atoms with Crippen LogP contribution in [-0.4, -0.2) is 39.8 Å². The molecule has 0 aliphatic carbocycles. The molecule has 0 radical (unpaired) electrons. The summed E-state index contributed by atoms with van der Waals surface area (Å²) in [6.07, 6.45) is 1.11. The van der Waals surface area contributed by atoms with Crippen molar-refractivity contribution < 1.29 is 27.5 Å². The molecule has 158 valence electrons. The SMILES string of the molecule is CCOC(=O)c1c(-c2cccs2)csc1NC(=O)COc1ccc(S(C)(=O)=O)cc1. The molecule has 1 amide bonds. The number of esters is 1. The van der Waals surface area contributed by atoms with Gasteiger partial charge in [-0.2, -0.15) is 0 Å². The number of ether oxygens (including phenoxy) is 2. The summed E-state index contributed by atoms with van der Waals surface area (Å²) < 4.78 is 33.6. The zero-order valence-electron chi connectivity index (χ0n) is 16.2. The van der Waals surface area contributed by atoms with Crippen molar-refractivity contribution in [1.82, 2.24) is 0 Å². The van der Waals surface area contributed by atoms with Gasteiger partial charge in [-0.1, -0.05) is 6.07 Å². The Morgan fingerprint density at radius 2 is 1.83 bits per heavy atom. The lowest BCUT2D eigenvalue weighted by atomic mass is 10.1. The molecule has 2 aromatic heterocycles. The van der Waals surface area contributed by atoms with Crippen LogP contribution in [0.25, 0.3) is 10.4 Å². The maximum absolute atomic E-state index is 12.5. The van der Waals surface area contributed by atoms with Crippen molar-refractivity contribution >= 4 is 49.4 Å². The standard InChI is InChI=1S/C20H19NO6S3/c1-3-26-20(23)18-15(16-5-4-10-28-16)12-29-19(18)21-17(22)11-27-13-6-8-14(9-7-13)30(2,24)25/h4-10,12H,3,11H2,1-2H3,(H,21,22). The molecule has 0 saturated heterocycles. The third kappa shape index (κ3) is 5.26. The number of thiophene rings is 2. The Labute approximate surface area is 182 Å². The van der Waals surface area contributed by atoms with Gasteiger partial charge >= 0.3 is 5.97 Å². The van der Waals surface area contributed by atoms with E-state index in [9.17, 15) is 18.0 Å². The predicted molar refractivity (Wildman–Crippen MR) is 117 cm³/mol. The van der Waals surface area contributed by atoms with Gasteiger partial charge < -0.3 is 14.8 Å². The van der Waals surface area contributed by atoms with Gasteiger partial charge in [0, 0.05) is 22.1 Å². The molecule has 0 aliphatic rings. The lowest BCUT2D eigenvalue weighted by Crippen LogP contribution is -2.21. The zero-order valence-corrected chi connectivity index (χ0v) is 18.7. The summed E-state index contributed by atoms with van der Waals surface area (Å²) in [5.41, 5.74) is 1.02. The predicted octanol–water partition coefficient (Wildman–Crippen LogP) is 4.07. The number of benzene rings is 1. The van der Waals surface area contributed by atoms with Crippen LogP contribution in [0.5, 0.6) is 5.75 Å². The number of hydrogen-bond acceptors (Lipinski definition) is 8. The van der Waals surface area contributed by atoms with Gasteiger partial charge in [0.05, 0.1) is 11.5 Å². The maximum Gasteiger partial charge on any atom is 0.341 e. The minimum absolute atomic E-state index is 0.165. The Hall–Kier alpha value is -2.69. The van der Waals surface area contributed by atoms with Crippen molar-refractivity contribution in [3.05, 3.63) is 52.7 Å². The summed E-state index contributed by atoms with van der Waals surface area (Å²) in [6.45, 7) is 1.64. The molecule has 0 spiro atoms. The van der Waals surface area contributed by atoms with Crippen LogP contribution in [0.4, 0.5) is 5.00 Å². The average Bonchev–Trinajstić information content (AvgIpc) is 3.36. The quantitative estimate of drug-likeness (QED) is 0.504. The molecular weight excluding hydrogens is 446 g/mol. The van der Waals surface area contributed by atoms with E-state index in [-0.39, 0.29) is 18.1 Å². The molecule has 30 heavy (non-hydrogen) atoms. The van der Waals surface area contributed by atoms with Crippen LogP contribution in [0.2, 0.25) is 0 Å². The number of sulfone groups is 1. The molecule has 0 atom stereocenters. The second-order valence-electron chi connectivity index (χ2n) is 6.13. The van der Waals surface area contributed by atoms with Crippen LogP contribution < -0.4 is 10.1 Å². The largest absolute Gasteiger partial charge is 0.484 e. The Morgan fingerprint density at radius 3 is 2.43 bits per heavy atom. The second-order valence-corrected chi connectivity index (χ2v) is 9.97. The number of carbonyl (C=O) groups excluding carboxylic acids is 2. The number of rotatable bonds is 8. The third-order valence-electron chi connectivity index (χ3n) is 3.93. The molecular formula is C20H19NO6S3. The molecule has 0 saturated carbocycles. The van der Waals surface area contributed by atoms with Gasteiger partial charge in [0.15, 0.2) is 16.4 Å². The van der Waals surface area contributed by atoms with Crippen molar-refractivity contribution in [3.8, 4) is 16.2 Å². The Morgan fingerprint density at radius 1 is 1.10 bits per heavy atom. The van der Waals surface area contributed by atoms with Crippen LogP contribution >= 0.6 is 22.7 Å². The molecule has 3 rings (SSSR count). The Bertz CT molecular complexity index is 1130. The first-order chi connectivity index (χ1) is 14.3. The van der Waals surface area contributed by atoms with Gasteiger partial charge in [0.25, 0.3) is 5.91 Å². The van der Waals surface area contributed by atoms with Gasteiger partial charge in [0.2, 0.25) is 0 Å². The van der Waals surface area contributed by atoms with Crippen molar-refractivity contribution in [2.24, 2.45) is 0 Å². The van der Waals surface area contributed by atoms with Gasteiger partial charge in [-0.05, 0) is 42.6 Å². The molecule has 1 N–H and O–H groups in total. The van der Waals surface area contributed by atoms with Gasteiger partial charge in [0.1, 0.15) is 16.3 Å². The van der Waals surface area contributed by atoms with E-state index in [2.05, 4.69) is 5.32 Å². The van der Waals surface area contributed by atoms with E-state index in [4.69, 9.17) is 9.47 Å². The highest BCUT2D eigenvalue weighted by Crippen LogP contribution is 2.38. The van der Waals surface area contributed by atoms with E-state index in [1.807, 2.05) is 17.5 Å². The lowest BCUT2D eigenvalue weighted by molar-refractivity contribution is -0.118. The molecule has 0 fully saturated rings. The fourth-order valence-electron chi connectivity index (χ4n) is 2.56. The summed E-state index contributed by atoms with van der Waals surface area (Å²) >= 11 is 2.72. The van der Waals surface area contributed by atoms with Gasteiger partial charge in [-0.3, -0.25) is 4.79 Å². The number of hydrogen-bond donors (Lipinski definition) is 1. The van der Waals surface area contributed by atoms with Crippen molar-refractivity contribution in [2.75, 3.05) is 24.8 Å². The fraction of sp³-hybridized carbons (Fsp3) is 0.200. The molecule has 3 aromatic rings. The van der Waals surface area contributed by atoms with Crippen molar-refractivity contribution in [2.45, 2.75) is 11.8 Å². The first-order valence-electron chi connectivity index (χ1n) is 8.85. The summed E-state index contributed by atoms with van der Waals surface area (Å²) in [5.74, 6) is -0.601. The summed E-state index contributed by atoms with van der Waals surface area (Å²) in [5, 5.41) is 6.80. The molecule has 0 unspecified atom stereocenters. The third-order valence-corrected chi connectivity index (χ3v) is 6.86. The highest BCUT2D eigenvalue weighted by Gasteiger charge is 2.23. The van der Waals surface area contributed by atoms with E-state index < -0.39 is 21.7 Å². The number of carbonyl (C=O) groups is 2. The molecule has 10 heteroatoms. The van der Waals surface area contributed by atoms with Crippen molar-refractivity contribution in [1.29, 1.82) is 0 Å². The van der Waals surface area contributed by atoms with Crippen LogP contribution in [0, 0.1) is 0 Å². The van der Waals surface area contributed by atoms with E-state index in [1.165, 1.54) is 46.9 Å². The number of anilines is 1. The average molecular weight is 466 g/mol. The summed E-state index contributed by atoms with van der Waals surface area (Å²) in [6, 6.07) is 9.56. The van der Waals surface area contributed by atoms with E-state index in [1.54, 1.807) is 12.3 Å². The normalized spacial score (nSPS) is 11.1. The lowest BCUT2D eigenvalue weighted by Gasteiger charge is -2.09. The Kier molecular flexibility index (Phi) is 6.91. The highest BCUT2D eigenvalue weighted by atomic mass is 32.2. The molecule has 0 aliphatic heterocycles. The van der Waals surface area contributed by atoms with Crippen LogP contribution in [0.1, 0.15) is 17.3 Å². The maximum atomic E-state index is 12.5.